The summed E-state index contributed by atoms with van der Waals surface area (Å²) in [5, 5.41) is 3.88. The van der Waals surface area contributed by atoms with Crippen molar-refractivity contribution in [2.75, 3.05) is 5.32 Å². The van der Waals surface area contributed by atoms with E-state index in [0.717, 1.165) is 26.4 Å². The van der Waals surface area contributed by atoms with Gasteiger partial charge in [-0.2, -0.15) is 0 Å². The van der Waals surface area contributed by atoms with Crippen LogP contribution in [0.4, 0.5) is 14.5 Å². The molecule has 0 saturated carbocycles. The van der Waals surface area contributed by atoms with Gasteiger partial charge in [0.1, 0.15) is 5.75 Å². The zero-order valence-corrected chi connectivity index (χ0v) is 18.6. The number of carbonyl (C=O) groups is 1. The minimum Gasteiger partial charge on any atom is -0.420 e. The molecule has 0 bridgehead atoms. The lowest BCUT2D eigenvalue weighted by Gasteiger charge is -2.12. The summed E-state index contributed by atoms with van der Waals surface area (Å²) >= 11 is 6.39. The number of amides is 1. The van der Waals surface area contributed by atoms with Gasteiger partial charge in [0.15, 0.2) is 0 Å². The van der Waals surface area contributed by atoms with Gasteiger partial charge in [-0.3, -0.25) is 4.79 Å². The molecule has 164 valence electrons. The van der Waals surface area contributed by atoms with Crippen LogP contribution in [-0.2, 0) is 18.3 Å². The van der Waals surface area contributed by atoms with Crippen LogP contribution in [0.15, 0.2) is 88.7 Å². The first kappa shape index (κ1) is 22.2. The van der Waals surface area contributed by atoms with Gasteiger partial charge in [0.2, 0.25) is 5.91 Å². The second kappa shape index (κ2) is 9.22. The number of alkyl halides is 3. The van der Waals surface area contributed by atoms with Crippen LogP contribution in [0.2, 0.25) is 0 Å². The van der Waals surface area contributed by atoms with Gasteiger partial charge >= 0.3 is 5.57 Å². The zero-order chi connectivity index (χ0) is 22.7. The van der Waals surface area contributed by atoms with E-state index in [4.69, 9.17) is 11.6 Å². The smallest absolute Gasteiger partial charge is 0.420 e. The zero-order valence-electron chi connectivity index (χ0n) is 17.0. The molecule has 1 N–H and O–H groups in total. The summed E-state index contributed by atoms with van der Waals surface area (Å²) in [5.74, 6) is -0.319. The maximum Gasteiger partial charge on any atom is 0.487 e. The molecule has 4 aromatic rings. The second-order valence-electron chi connectivity index (χ2n) is 7.06. The second-order valence-corrected chi connectivity index (χ2v) is 8.59. The number of aromatic nitrogens is 1. The van der Waals surface area contributed by atoms with E-state index in [9.17, 15) is 13.6 Å². The molecule has 4 rings (SSSR count). The summed E-state index contributed by atoms with van der Waals surface area (Å²) < 4.78 is 31.8. The Bertz CT molecular complexity index is 1240. The van der Waals surface area contributed by atoms with Crippen LogP contribution in [0, 0.1) is 0 Å². The molecule has 0 saturated heterocycles. The molecule has 32 heavy (non-hydrogen) atoms. The number of benzene rings is 3. The number of rotatable bonds is 7. The van der Waals surface area contributed by atoms with Crippen molar-refractivity contribution < 1.29 is 18.3 Å². The summed E-state index contributed by atoms with van der Waals surface area (Å²) in [5.41, 5.74) is -1.39. The molecule has 0 radical (unpaired) electrons. The van der Waals surface area contributed by atoms with Crippen LogP contribution in [0.3, 0.4) is 0 Å². The fourth-order valence-electron chi connectivity index (χ4n) is 3.43. The lowest BCUT2D eigenvalue weighted by Crippen LogP contribution is -2.17. The number of hydrogen-bond acceptors (Lipinski definition) is 3. The Hall–Kier alpha value is -3.03. The Kier molecular flexibility index (Phi) is 6.39. The number of hydrogen-bond donors (Lipinski definition) is 1. The average Bonchev–Trinajstić information content (AvgIpc) is 3.01. The first-order valence-electron chi connectivity index (χ1n) is 9.75. The maximum absolute atomic E-state index is 12.8. The molecule has 0 atom stereocenters. The third-order valence-corrected chi connectivity index (χ3v) is 6.08. The molecule has 0 aliphatic rings. The van der Waals surface area contributed by atoms with E-state index in [2.05, 4.69) is 10.1 Å². The van der Waals surface area contributed by atoms with Gasteiger partial charge < -0.3 is 14.6 Å². The Labute approximate surface area is 193 Å². The monoisotopic (exact) mass is 472 g/mol. The number of para-hydroxylation sites is 1. The summed E-state index contributed by atoms with van der Waals surface area (Å²) in [6.45, 7) is 0. The number of aryl methyl sites for hydroxylation is 1. The number of fused-ring (bicyclic) bond motifs is 1. The lowest BCUT2D eigenvalue weighted by atomic mass is 10.2. The molecule has 0 fully saturated rings. The van der Waals surface area contributed by atoms with Gasteiger partial charge in [-0.25, -0.2) is 0 Å². The van der Waals surface area contributed by atoms with Gasteiger partial charge in [-0.15, -0.1) is 8.78 Å². The standard InChI is InChI=1S/C24H19ClF2N2O2S/c1-29-20-10-6-5-9-19(20)23(32-18-7-3-2-4-8-18)21(29)15-22(30)28-16-11-13-17(14-12-16)31-24(25,26)27/h2-14H,15H2,1H3,(H,28,30). The summed E-state index contributed by atoms with van der Waals surface area (Å²) in [6, 6.07) is 23.6. The predicted molar refractivity (Wildman–Crippen MR) is 124 cm³/mol. The van der Waals surface area contributed by atoms with Crippen molar-refractivity contribution in [3.8, 4) is 5.75 Å². The van der Waals surface area contributed by atoms with Gasteiger partial charge in [-0.05, 0) is 42.5 Å². The molecular formula is C24H19ClF2N2O2S. The molecule has 0 aliphatic heterocycles. The minimum absolute atomic E-state index is 0.0989. The molecule has 1 heterocycles. The number of halogens is 3. The Morgan fingerprint density at radius 1 is 1.03 bits per heavy atom. The minimum atomic E-state index is -3.79. The fraction of sp³-hybridized carbons (Fsp3) is 0.125. The van der Waals surface area contributed by atoms with Crippen molar-refractivity contribution >= 4 is 45.9 Å². The van der Waals surface area contributed by atoms with Gasteiger partial charge in [-0.1, -0.05) is 48.2 Å². The number of ether oxygens (including phenoxy) is 1. The summed E-state index contributed by atoms with van der Waals surface area (Å²) in [4.78, 5) is 14.9. The van der Waals surface area contributed by atoms with E-state index in [1.165, 1.54) is 24.3 Å². The van der Waals surface area contributed by atoms with Gasteiger partial charge in [0, 0.05) is 50.7 Å². The van der Waals surface area contributed by atoms with E-state index in [1.54, 1.807) is 11.8 Å². The molecule has 0 spiro atoms. The third kappa shape index (κ3) is 5.23. The Morgan fingerprint density at radius 2 is 1.69 bits per heavy atom. The van der Waals surface area contributed by atoms with Gasteiger partial charge in [0.25, 0.3) is 0 Å². The van der Waals surface area contributed by atoms with Crippen molar-refractivity contribution in [1.29, 1.82) is 0 Å². The fourth-order valence-corrected chi connectivity index (χ4v) is 4.66. The van der Waals surface area contributed by atoms with Crippen molar-refractivity contribution in [2.45, 2.75) is 21.8 Å². The van der Waals surface area contributed by atoms with Crippen LogP contribution in [0.5, 0.6) is 5.75 Å². The van der Waals surface area contributed by atoms with E-state index in [0.29, 0.717) is 5.69 Å². The van der Waals surface area contributed by atoms with Crippen LogP contribution < -0.4 is 10.1 Å². The largest absolute Gasteiger partial charge is 0.487 e. The normalized spacial score (nSPS) is 11.5. The van der Waals surface area contributed by atoms with Crippen LogP contribution >= 0.6 is 23.4 Å². The van der Waals surface area contributed by atoms with E-state index in [-0.39, 0.29) is 18.1 Å². The average molecular weight is 473 g/mol. The number of carbonyl (C=O) groups excluding carboxylic acids is 1. The molecule has 0 aliphatic carbocycles. The molecule has 3 aromatic carbocycles. The van der Waals surface area contributed by atoms with Gasteiger partial charge in [0.05, 0.1) is 6.42 Å². The highest BCUT2D eigenvalue weighted by molar-refractivity contribution is 7.99. The molecule has 8 heteroatoms. The van der Waals surface area contributed by atoms with E-state index >= 15 is 0 Å². The van der Waals surface area contributed by atoms with Crippen molar-refractivity contribution in [3.63, 3.8) is 0 Å². The summed E-state index contributed by atoms with van der Waals surface area (Å²) in [7, 11) is 1.94. The van der Waals surface area contributed by atoms with Crippen LogP contribution in [0.25, 0.3) is 10.9 Å². The van der Waals surface area contributed by atoms with Crippen molar-refractivity contribution in [3.05, 3.63) is 84.6 Å². The topological polar surface area (TPSA) is 43.3 Å². The highest BCUT2D eigenvalue weighted by Crippen LogP contribution is 2.38. The number of anilines is 1. The van der Waals surface area contributed by atoms with E-state index < -0.39 is 5.57 Å². The Balaban J connectivity index is 1.56. The predicted octanol–water partition coefficient (Wildman–Crippen LogP) is 6.68. The maximum atomic E-state index is 12.8. The molecule has 1 aromatic heterocycles. The molecule has 4 nitrogen and oxygen atoms in total. The lowest BCUT2D eigenvalue weighted by molar-refractivity contribution is -0.115. The number of nitrogens with zero attached hydrogens (tertiary/aromatic N) is 1. The van der Waals surface area contributed by atoms with Crippen molar-refractivity contribution in [2.24, 2.45) is 7.05 Å². The first-order valence-corrected chi connectivity index (χ1v) is 10.9. The third-order valence-electron chi connectivity index (χ3n) is 4.84. The van der Waals surface area contributed by atoms with Crippen LogP contribution in [-0.4, -0.2) is 16.0 Å². The molecule has 0 unspecified atom stereocenters. The molecule has 1 amide bonds. The number of nitrogens with one attached hydrogen (secondary N) is 1. The molecular weight excluding hydrogens is 454 g/mol. The van der Waals surface area contributed by atoms with E-state index in [1.807, 2.05) is 66.2 Å². The Morgan fingerprint density at radius 3 is 2.38 bits per heavy atom. The van der Waals surface area contributed by atoms with Crippen LogP contribution in [0.1, 0.15) is 5.69 Å². The SMILES string of the molecule is Cn1c(CC(=O)Nc2ccc(OC(F)(F)Cl)cc2)c(Sc2ccccc2)c2ccccc21. The first-order chi connectivity index (χ1) is 15.3. The quantitative estimate of drug-likeness (QED) is 0.305. The highest BCUT2D eigenvalue weighted by atomic mass is 35.5. The highest BCUT2D eigenvalue weighted by Gasteiger charge is 2.27. The summed E-state index contributed by atoms with van der Waals surface area (Å²) in [6.07, 6.45) is 0.151. The van der Waals surface area contributed by atoms with Crippen molar-refractivity contribution in [1.82, 2.24) is 4.57 Å².